The van der Waals surface area contributed by atoms with Crippen LogP contribution in [0.1, 0.15) is 106 Å². The second-order valence-corrected chi connectivity index (χ2v) is 18.3. The molecule has 2 aliphatic carbocycles. The van der Waals surface area contributed by atoms with Crippen LogP contribution in [0.2, 0.25) is 0 Å². The molecule has 1 aromatic rings. The molecule has 2 spiro atoms. The van der Waals surface area contributed by atoms with Gasteiger partial charge in [0.1, 0.15) is 0 Å². The van der Waals surface area contributed by atoms with Gasteiger partial charge in [-0.05, 0) is 88.2 Å². The van der Waals surface area contributed by atoms with E-state index in [0.29, 0.717) is 74.4 Å². The monoisotopic (exact) mass is 774 g/mol. The van der Waals surface area contributed by atoms with Crippen molar-refractivity contribution in [3.63, 3.8) is 0 Å². The van der Waals surface area contributed by atoms with Crippen molar-refractivity contribution in [1.82, 2.24) is 0 Å². The molecule has 11 rings (SSSR count). The topological polar surface area (TPSA) is 131 Å². The van der Waals surface area contributed by atoms with Gasteiger partial charge in [0.25, 0.3) is 0 Å². The highest BCUT2D eigenvalue weighted by molar-refractivity contribution is 5.50. The van der Waals surface area contributed by atoms with Gasteiger partial charge in [0.15, 0.2) is 47.9 Å². The number of phenols is 1. The van der Waals surface area contributed by atoms with Gasteiger partial charge in [0.2, 0.25) is 17.3 Å². The normalized spacial score (nSPS) is 48.3. The van der Waals surface area contributed by atoms with Crippen molar-refractivity contribution in [3.8, 4) is 17.2 Å². The Morgan fingerprint density at radius 2 is 1.13 bits per heavy atom. The Labute approximate surface area is 325 Å². The van der Waals surface area contributed by atoms with Crippen LogP contribution in [0.3, 0.4) is 0 Å². The van der Waals surface area contributed by atoms with Crippen molar-refractivity contribution in [2.75, 3.05) is 26.4 Å². The lowest BCUT2D eigenvalue weighted by Gasteiger charge is -2.60. The molecular formula is C42H62O13. The summed E-state index contributed by atoms with van der Waals surface area (Å²) in [4.78, 5) is 24.4. The predicted octanol–water partition coefficient (Wildman–Crippen LogP) is 7.38. The van der Waals surface area contributed by atoms with Crippen molar-refractivity contribution >= 4 is 0 Å². The van der Waals surface area contributed by atoms with Gasteiger partial charge in [-0.3, -0.25) is 0 Å². The molecular weight excluding hydrogens is 712 g/mol. The Hall–Kier alpha value is -1.78. The Morgan fingerprint density at radius 3 is 1.65 bits per heavy atom. The van der Waals surface area contributed by atoms with E-state index in [1.165, 1.54) is 0 Å². The fraction of sp³-hybridized carbons (Fsp3) is 0.857. The highest BCUT2D eigenvalue weighted by Crippen LogP contribution is 2.62. The number of benzene rings is 1. The van der Waals surface area contributed by atoms with E-state index in [4.69, 9.17) is 57.4 Å². The minimum Gasteiger partial charge on any atom is -0.504 e. The fourth-order valence-electron chi connectivity index (χ4n) is 11.8. The summed E-state index contributed by atoms with van der Waals surface area (Å²) in [6, 6.07) is 5.15. The molecule has 10 fully saturated rings. The molecule has 308 valence electrons. The van der Waals surface area contributed by atoms with Crippen LogP contribution >= 0.6 is 0 Å². The molecule has 16 atom stereocenters. The second kappa shape index (κ2) is 14.8. The van der Waals surface area contributed by atoms with Gasteiger partial charge in [-0.25, -0.2) is 19.6 Å². The Balaban J connectivity index is 0.746. The van der Waals surface area contributed by atoms with E-state index in [2.05, 4.69) is 27.7 Å². The molecule has 13 heteroatoms. The first-order valence-electron chi connectivity index (χ1n) is 21.2. The molecule has 0 aromatic heterocycles. The summed E-state index contributed by atoms with van der Waals surface area (Å²) in [7, 11) is 0. The molecule has 8 aliphatic heterocycles. The van der Waals surface area contributed by atoms with Crippen molar-refractivity contribution in [1.29, 1.82) is 0 Å². The lowest BCUT2D eigenvalue weighted by atomic mass is 9.58. The molecule has 1 aromatic carbocycles. The average molecular weight is 775 g/mol. The molecule has 8 saturated heterocycles. The zero-order valence-corrected chi connectivity index (χ0v) is 33.4. The highest BCUT2D eigenvalue weighted by atomic mass is 17.3. The van der Waals surface area contributed by atoms with Crippen LogP contribution in [0.5, 0.6) is 17.2 Å². The minimum absolute atomic E-state index is 0.0256. The summed E-state index contributed by atoms with van der Waals surface area (Å²) in [5, 5.41) is 10.7. The van der Waals surface area contributed by atoms with E-state index in [-0.39, 0.29) is 29.4 Å². The number of hydrogen-bond donors (Lipinski definition) is 1. The zero-order valence-electron chi connectivity index (χ0n) is 33.4. The van der Waals surface area contributed by atoms with Crippen LogP contribution < -0.4 is 9.47 Å². The summed E-state index contributed by atoms with van der Waals surface area (Å²) in [5.74, 6) is 1.45. The third-order valence-electron chi connectivity index (χ3n) is 14.8. The number of phenolic OH excluding ortho intramolecular Hbond substituents is 1. The molecule has 55 heavy (non-hydrogen) atoms. The molecule has 13 nitrogen and oxygen atoms in total. The van der Waals surface area contributed by atoms with Crippen LogP contribution in [0.15, 0.2) is 18.2 Å². The van der Waals surface area contributed by atoms with Crippen molar-refractivity contribution in [2.45, 2.75) is 154 Å². The van der Waals surface area contributed by atoms with Crippen LogP contribution in [0.25, 0.3) is 0 Å². The molecule has 1 N–H and O–H groups in total. The van der Waals surface area contributed by atoms with E-state index >= 15 is 0 Å². The first-order valence-corrected chi connectivity index (χ1v) is 21.2. The standard InChI is InChI=1S/C42H62O13/c1-24-12-14-30-26(3)35(48-37-41(30)28(24)16-18-39(5,50-37)52-54-41)46-22-8-20-44-33-11-7-10-32(43)34(33)45-21-9-23-47-36-27(4)31-15-13-25(2)29-17-19-40(6)51-38(49-36)42(29,31)55-53-40/h7,10-11,24-31,35-38,43H,8-9,12-23H2,1-6H3/t24-,25-,26-,27-,28+,29+,30+,31+,35+,36+,37-,38-,39-,40-,41-,42-/m1/s1. The molecule has 2 saturated carbocycles. The first-order chi connectivity index (χ1) is 26.5. The van der Waals surface area contributed by atoms with E-state index < -0.39 is 47.9 Å². The quantitative estimate of drug-likeness (QED) is 0.168. The number of rotatable bonds is 12. The molecule has 8 heterocycles. The van der Waals surface area contributed by atoms with Gasteiger partial charge in [0.05, 0.1) is 26.4 Å². The third kappa shape index (κ3) is 6.51. The summed E-state index contributed by atoms with van der Waals surface area (Å²) in [5.41, 5.74) is -1.22. The van der Waals surface area contributed by atoms with E-state index in [9.17, 15) is 5.11 Å². The zero-order chi connectivity index (χ0) is 38.2. The summed E-state index contributed by atoms with van der Waals surface area (Å²) in [6.45, 7) is 14.4. The van der Waals surface area contributed by atoms with Crippen LogP contribution in [-0.2, 0) is 48.0 Å². The molecule has 0 unspecified atom stereocenters. The Morgan fingerprint density at radius 1 is 0.618 bits per heavy atom. The highest BCUT2D eigenvalue weighted by Gasteiger charge is 2.71. The van der Waals surface area contributed by atoms with Crippen LogP contribution in [0.4, 0.5) is 0 Å². The van der Waals surface area contributed by atoms with Gasteiger partial charge in [-0.15, -0.1) is 0 Å². The predicted molar refractivity (Wildman–Crippen MR) is 194 cm³/mol. The lowest BCUT2D eigenvalue weighted by Crippen LogP contribution is -2.70. The molecule has 0 radical (unpaired) electrons. The average Bonchev–Trinajstić information content (AvgIpc) is 3.54. The van der Waals surface area contributed by atoms with Crippen LogP contribution in [0, 0.1) is 47.3 Å². The number of hydrogen-bond acceptors (Lipinski definition) is 13. The van der Waals surface area contributed by atoms with E-state index in [1.54, 1.807) is 18.2 Å². The maximum atomic E-state index is 10.7. The second-order valence-electron chi connectivity index (χ2n) is 18.3. The number of fused-ring (bicyclic) bond motifs is 4. The van der Waals surface area contributed by atoms with Gasteiger partial charge < -0.3 is 43.0 Å². The largest absolute Gasteiger partial charge is 0.504 e. The fourth-order valence-corrected chi connectivity index (χ4v) is 11.8. The maximum Gasteiger partial charge on any atom is 0.203 e. The van der Waals surface area contributed by atoms with Gasteiger partial charge >= 0.3 is 0 Å². The molecule has 4 bridgehead atoms. The SMILES string of the molecule is C[C@H]1[C@@H](OCCCOc2cccc(O)c2OCCCO[C@H]2O[C@@H]3O[C@@]4(C)CC[C@H]5[C@H](C)CC[C@@H]([C@H]2C)[C@@]35OO4)O[C@@H]2O[C@@]3(C)CC[C@H]4[C@H](C)CC[C@@H]1[C@@]24OO3. The number of aromatic hydroxyl groups is 1. The van der Waals surface area contributed by atoms with Gasteiger partial charge in [-0.1, -0.05) is 33.8 Å². The summed E-state index contributed by atoms with van der Waals surface area (Å²) < 4.78 is 50.9. The molecule has 0 amide bonds. The number of para-hydroxylation sites is 1. The maximum absolute atomic E-state index is 10.7. The van der Waals surface area contributed by atoms with Gasteiger partial charge in [-0.2, -0.15) is 0 Å². The smallest absolute Gasteiger partial charge is 0.203 e. The van der Waals surface area contributed by atoms with Crippen molar-refractivity contribution in [3.05, 3.63) is 18.2 Å². The summed E-state index contributed by atoms with van der Waals surface area (Å²) >= 11 is 0. The van der Waals surface area contributed by atoms with Crippen LogP contribution in [-0.4, -0.2) is 79.5 Å². The van der Waals surface area contributed by atoms with E-state index in [0.717, 1.165) is 51.4 Å². The third-order valence-corrected chi connectivity index (χ3v) is 14.8. The lowest BCUT2D eigenvalue weighted by molar-refractivity contribution is -0.577. The molecule has 10 aliphatic rings. The van der Waals surface area contributed by atoms with E-state index in [1.807, 2.05) is 13.8 Å². The Kier molecular flexibility index (Phi) is 10.4. The first kappa shape index (κ1) is 38.7. The van der Waals surface area contributed by atoms with Gasteiger partial charge in [0, 0.05) is 49.4 Å². The van der Waals surface area contributed by atoms with Crippen molar-refractivity contribution < 1.29 is 62.6 Å². The Bertz CT molecular complexity index is 1530. The summed E-state index contributed by atoms with van der Waals surface area (Å²) in [6.07, 6.45) is 7.16. The minimum atomic E-state index is -0.820. The van der Waals surface area contributed by atoms with Crippen molar-refractivity contribution in [2.24, 2.45) is 47.3 Å². The number of ether oxygens (including phenoxy) is 8.